The first-order valence-corrected chi connectivity index (χ1v) is 8.14. The predicted octanol–water partition coefficient (Wildman–Crippen LogP) is -0.326. The number of aliphatic hydroxyl groups excluding tert-OH is 1. The highest BCUT2D eigenvalue weighted by atomic mass is 79.9. The monoisotopic (exact) mass is 425 g/mol. The lowest BCUT2D eigenvalue weighted by Gasteiger charge is -2.32. The van der Waals surface area contributed by atoms with Gasteiger partial charge in [-0.15, -0.1) is 0 Å². The lowest BCUT2D eigenvalue weighted by Crippen LogP contribution is -3.00. The number of aliphatic hydroxyl groups is 1. The number of nitrogens with zero attached hydrogens (tertiary/aromatic N) is 2. The number of rotatable bonds is 3. The van der Waals surface area contributed by atoms with Gasteiger partial charge in [-0.3, -0.25) is 0 Å². The molecule has 1 unspecified atom stereocenters. The van der Waals surface area contributed by atoms with Crippen LogP contribution in [0.1, 0.15) is 6.42 Å². The molecule has 0 aromatic heterocycles. The first-order chi connectivity index (χ1) is 10.4. The van der Waals surface area contributed by atoms with Gasteiger partial charge in [0.1, 0.15) is 6.54 Å². The van der Waals surface area contributed by atoms with Gasteiger partial charge in [-0.1, -0.05) is 23.2 Å². The Labute approximate surface area is 157 Å². The van der Waals surface area contributed by atoms with Gasteiger partial charge in [-0.25, -0.2) is 4.79 Å². The van der Waals surface area contributed by atoms with Crippen LogP contribution in [0.2, 0.25) is 10.0 Å². The van der Waals surface area contributed by atoms with Gasteiger partial charge in [0, 0.05) is 28.7 Å². The van der Waals surface area contributed by atoms with Crippen molar-refractivity contribution in [2.75, 3.05) is 51.7 Å². The summed E-state index contributed by atoms with van der Waals surface area (Å²) >= 11 is 11.9. The molecule has 0 aliphatic carbocycles. The van der Waals surface area contributed by atoms with Gasteiger partial charge in [0.25, 0.3) is 0 Å². The molecule has 8 heteroatoms. The second-order valence-corrected chi connectivity index (χ2v) is 6.82. The average molecular weight is 427 g/mol. The van der Waals surface area contributed by atoms with Gasteiger partial charge in [-0.2, -0.15) is 0 Å². The highest BCUT2D eigenvalue weighted by Gasteiger charge is 2.27. The zero-order chi connectivity index (χ0) is 16.2. The second-order valence-electron chi connectivity index (χ2n) is 5.94. The van der Waals surface area contributed by atoms with Crippen molar-refractivity contribution < 1.29 is 31.4 Å². The van der Waals surface area contributed by atoms with Gasteiger partial charge >= 0.3 is 6.03 Å². The number of hydrogen-bond donors (Lipinski definition) is 2. The number of carbonyl (C=O) groups is 1. The molecule has 1 fully saturated rings. The Kier molecular flexibility index (Phi) is 8.10. The number of anilines is 1. The number of urea groups is 1. The Morgan fingerprint density at radius 1 is 1.26 bits per heavy atom. The van der Waals surface area contributed by atoms with E-state index in [0.717, 1.165) is 30.5 Å². The number of quaternary nitrogens is 1. The lowest BCUT2D eigenvalue weighted by atomic mass is 10.3. The maximum atomic E-state index is 12.4. The van der Waals surface area contributed by atoms with E-state index in [9.17, 15) is 4.79 Å². The standard InChI is InChI=1S/C15H21Cl2N3O2.BrH/c1-20(7-8-21)5-2-3-19(4-6-20)15(22)18-14-10-12(16)9-13(17)11-14;/h9-11,21H,2-8H2,1H3;1H. The number of hydrogen-bond acceptors (Lipinski definition) is 2. The summed E-state index contributed by atoms with van der Waals surface area (Å²) in [6.45, 7) is 4.07. The third-order valence-corrected chi connectivity index (χ3v) is 4.51. The van der Waals surface area contributed by atoms with Crippen LogP contribution in [-0.4, -0.2) is 66.9 Å². The van der Waals surface area contributed by atoms with Crippen molar-refractivity contribution in [1.29, 1.82) is 0 Å². The predicted molar refractivity (Wildman–Crippen MR) is 89.5 cm³/mol. The summed E-state index contributed by atoms with van der Waals surface area (Å²) < 4.78 is 0.795. The SMILES string of the molecule is C[N+]1(CCO)CCCN(C(=O)Nc2cc(Cl)cc(Cl)c2)CC1.[Br-]. The molecule has 1 aromatic rings. The van der Waals surface area contributed by atoms with Gasteiger partial charge in [0.15, 0.2) is 0 Å². The van der Waals surface area contributed by atoms with Crippen LogP contribution in [0.5, 0.6) is 0 Å². The van der Waals surface area contributed by atoms with E-state index in [2.05, 4.69) is 12.4 Å². The van der Waals surface area contributed by atoms with Gasteiger partial charge in [0.05, 0.1) is 33.3 Å². The summed E-state index contributed by atoms with van der Waals surface area (Å²) in [6, 6.07) is 4.84. The van der Waals surface area contributed by atoms with E-state index in [-0.39, 0.29) is 29.6 Å². The average Bonchev–Trinajstić information content (AvgIpc) is 2.60. The molecular formula is C15H22BrCl2N3O2. The Balaban J connectivity index is 0.00000264. The Bertz CT molecular complexity index is 527. The Morgan fingerprint density at radius 2 is 1.91 bits per heavy atom. The third kappa shape index (κ3) is 6.12. The van der Waals surface area contributed by atoms with Crippen LogP contribution in [0.3, 0.4) is 0 Å². The third-order valence-electron chi connectivity index (χ3n) is 4.08. The van der Waals surface area contributed by atoms with E-state index >= 15 is 0 Å². The van der Waals surface area contributed by atoms with Crippen molar-refractivity contribution >= 4 is 34.9 Å². The van der Waals surface area contributed by atoms with Gasteiger partial charge in [0.2, 0.25) is 0 Å². The van der Waals surface area contributed by atoms with Crippen LogP contribution in [0.4, 0.5) is 10.5 Å². The molecule has 0 saturated carbocycles. The molecular weight excluding hydrogens is 405 g/mol. The highest BCUT2D eigenvalue weighted by molar-refractivity contribution is 6.35. The molecule has 2 N–H and O–H groups in total. The fourth-order valence-corrected chi connectivity index (χ4v) is 3.25. The molecule has 1 saturated heterocycles. The fourth-order valence-electron chi connectivity index (χ4n) is 2.73. The highest BCUT2D eigenvalue weighted by Crippen LogP contribution is 2.23. The van der Waals surface area contributed by atoms with E-state index in [1.54, 1.807) is 23.1 Å². The van der Waals surface area contributed by atoms with Crippen molar-refractivity contribution in [1.82, 2.24) is 4.90 Å². The van der Waals surface area contributed by atoms with Crippen LogP contribution < -0.4 is 22.3 Å². The molecule has 2 rings (SSSR count). The largest absolute Gasteiger partial charge is 1.00 e. The second kappa shape index (κ2) is 9.08. The smallest absolute Gasteiger partial charge is 0.322 e. The molecule has 1 aliphatic heterocycles. The minimum Gasteiger partial charge on any atom is -1.00 e. The molecule has 1 aliphatic rings. The number of carbonyl (C=O) groups excluding carboxylic acids is 1. The minimum absolute atomic E-state index is 0. The van der Waals surface area contributed by atoms with Crippen molar-refractivity contribution in [2.24, 2.45) is 0 Å². The van der Waals surface area contributed by atoms with Crippen molar-refractivity contribution in [3.63, 3.8) is 0 Å². The summed E-state index contributed by atoms with van der Waals surface area (Å²) in [6.07, 6.45) is 0.917. The van der Waals surface area contributed by atoms with E-state index in [1.165, 1.54) is 0 Å². The number of halogens is 3. The Morgan fingerprint density at radius 3 is 2.52 bits per heavy atom. The quantitative estimate of drug-likeness (QED) is 0.650. The van der Waals surface area contributed by atoms with Gasteiger partial charge < -0.3 is 36.8 Å². The van der Waals surface area contributed by atoms with E-state index in [4.69, 9.17) is 28.3 Å². The summed E-state index contributed by atoms with van der Waals surface area (Å²) in [7, 11) is 2.12. The molecule has 130 valence electrons. The normalized spacial score (nSPS) is 21.3. The minimum atomic E-state index is -0.143. The topological polar surface area (TPSA) is 52.6 Å². The number of benzene rings is 1. The van der Waals surface area contributed by atoms with Crippen LogP contribution >= 0.6 is 23.2 Å². The number of amides is 2. The maximum Gasteiger partial charge on any atom is 0.322 e. The number of likely N-dealkylation sites (N-methyl/N-ethyl adjacent to an activating group) is 1. The summed E-state index contributed by atoms with van der Waals surface area (Å²) in [5.41, 5.74) is 0.597. The van der Waals surface area contributed by atoms with E-state index in [1.807, 2.05) is 0 Å². The summed E-state index contributed by atoms with van der Waals surface area (Å²) in [5.74, 6) is 0. The van der Waals surface area contributed by atoms with Crippen molar-refractivity contribution in [3.8, 4) is 0 Å². The van der Waals surface area contributed by atoms with Crippen LogP contribution in [-0.2, 0) is 0 Å². The first-order valence-electron chi connectivity index (χ1n) is 7.38. The molecule has 0 spiro atoms. The first kappa shape index (κ1) is 20.5. The number of nitrogens with one attached hydrogen (secondary N) is 1. The molecule has 0 bridgehead atoms. The molecule has 0 radical (unpaired) electrons. The van der Waals surface area contributed by atoms with E-state index in [0.29, 0.717) is 28.8 Å². The zero-order valence-corrected chi connectivity index (χ0v) is 16.2. The van der Waals surface area contributed by atoms with Crippen molar-refractivity contribution in [2.45, 2.75) is 6.42 Å². The molecule has 1 aromatic carbocycles. The van der Waals surface area contributed by atoms with Crippen LogP contribution in [0.25, 0.3) is 0 Å². The van der Waals surface area contributed by atoms with Crippen molar-refractivity contribution in [3.05, 3.63) is 28.2 Å². The molecule has 23 heavy (non-hydrogen) atoms. The van der Waals surface area contributed by atoms with Crippen LogP contribution in [0, 0.1) is 0 Å². The van der Waals surface area contributed by atoms with Crippen LogP contribution in [0.15, 0.2) is 18.2 Å². The summed E-state index contributed by atoms with van der Waals surface area (Å²) in [5, 5.41) is 13.0. The van der Waals surface area contributed by atoms with Gasteiger partial charge in [-0.05, 0) is 18.2 Å². The lowest BCUT2D eigenvalue weighted by molar-refractivity contribution is -0.907. The maximum absolute atomic E-state index is 12.4. The molecule has 5 nitrogen and oxygen atoms in total. The molecule has 2 amide bonds. The Hall–Kier alpha value is -0.530. The summed E-state index contributed by atoms with van der Waals surface area (Å²) in [4.78, 5) is 14.2. The molecule has 1 heterocycles. The fraction of sp³-hybridized carbons (Fsp3) is 0.533. The zero-order valence-electron chi connectivity index (χ0n) is 13.1. The molecule has 1 atom stereocenters. The van der Waals surface area contributed by atoms with E-state index < -0.39 is 0 Å².